The summed E-state index contributed by atoms with van der Waals surface area (Å²) in [4.78, 5) is 24.1. The number of nitrogens with one attached hydrogen (secondary N) is 1. The number of nitrogen functional groups attached to an aromatic ring is 1. The van der Waals surface area contributed by atoms with Crippen molar-refractivity contribution in [2.24, 2.45) is 0 Å². The lowest BCUT2D eigenvalue weighted by Crippen LogP contribution is -2.13. The summed E-state index contributed by atoms with van der Waals surface area (Å²) >= 11 is 0. The summed E-state index contributed by atoms with van der Waals surface area (Å²) in [6.07, 6.45) is 1.35. The zero-order valence-electron chi connectivity index (χ0n) is 15.3. The first-order valence-corrected chi connectivity index (χ1v) is 8.31. The number of benzene rings is 2. The topological polar surface area (TPSA) is 99.2 Å². The Morgan fingerprint density at radius 1 is 1.11 bits per heavy atom. The fourth-order valence-corrected chi connectivity index (χ4v) is 2.73. The number of hydrogen-bond donors (Lipinski definition) is 2. The second kappa shape index (κ2) is 7.33. The number of nitrogens with zero attached hydrogens (tertiary/aromatic N) is 2. The van der Waals surface area contributed by atoms with Gasteiger partial charge in [-0.05, 0) is 49.7 Å². The maximum absolute atomic E-state index is 12.5. The van der Waals surface area contributed by atoms with Crippen molar-refractivity contribution in [1.29, 1.82) is 0 Å². The van der Waals surface area contributed by atoms with Crippen LogP contribution in [-0.2, 0) is 4.74 Å². The van der Waals surface area contributed by atoms with Gasteiger partial charge in [-0.2, -0.15) is 5.10 Å². The summed E-state index contributed by atoms with van der Waals surface area (Å²) in [5.74, 6) is -0.588. The molecule has 3 aromatic rings. The van der Waals surface area contributed by atoms with E-state index < -0.39 is 5.97 Å². The zero-order valence-corrected chi connectivity index (χ0v) is 15.3. The highest BCUT2D eigenvalue weighted by Gasteiger charge is 2.16. The number of aryl methyl sites for hydroxylation is 2. The highest BCUT2D eigenvalue weighted by molar-refractivity contribution is 6.04. The molecule has 0 saturated heterocycles. The van der Waals surface area contributed by atoms with Crippen molar-refractivity contribution >= 4 is 23.4 Å². The highest BCUT2D eigenvalue weighted by Crippen LogP contribution is 2.20. The molecule has 0 saturated carbocycles. The molecule has 138 valence electrons. The first kappa shape index (κ1) is 18.2. The number of hydrogen-bond acceptors (Lipinski definition) is 5. The second-order valence-corrected chi connectivity index (χ2v) is 6.17. The van der Waals surface area contributed by atoms with Gasteiger partial charge in [-0.25, -0.2) is 9.48 Å². The standard InChI is InChI=1S/C20H20N4O3/c1-12-4-9-17(13(2)10-12)23-19(25)14-5-7-15(8-6-14)24-18(21)16(11-22-24)20(26)27-3/h4-11H,21H2,1-3H3,(H,23,25). The van der Waals surface area contributed by atoms with Crippen molar-refractivity contribution < 1.29 is 14.3 Å². The van der Waals surface area contributed by atoms with Gasteiger partial charge in [0.2, 0.25) is 0 Å². The summed E-state index contributed by atoms with van der Waals surface area (Å²) < 4.78 is 6.08. The average Bonchev–Trinajstić information content (AvgIpc) is 3.05. The lowest BCUT2D eigenvalue weighted by Gasteiger charge is -2.10. The first-order valence-electron chi connectivity index (χ1n) is 8.31. The van der Waals surface area contributed by atoms with Crippen molar-refractivity contribution in [2.75, 3.05) is 18.2 Å². The molecule has 0 aliphatic rings. The summed E-state index contributed by atoms with van der Waals surface area (Å²) in [6, 6.07) is 12.6. The number of nitrogens with two attached hydrogens (primary N) is 1. The van der Waals surface area contributed by atoms with Gasteiger partial charge < -0.3 is 15.8 Å². The molecule has 3 N–H and O–H groups in total. The Morgan fingerprint density at radius 2 is 1.81 bits per heavy atom. The van der Waals surface area contributed by atoms with Gasteiger partial charge in [0.15, 0.2) is 0 Å². The summed E-state index contributed by atoms with van der Waals surface area (Å²) in [7, 11) is 1.28. The number of esters is 1. The third-order valence-electron chi connectivity index (χ3n) is 4.22. The molecule has 0 bridgehead atoms. The Kier molecular flexibility index (Phi) is 4.94. The molecule has 0 fully saturated rings. The number of rotatable bonds is 4. The molecule has 2 aromatic carbocycles. The molecule has 7 heteroatoms. The molecule has 1 aromatic heterocycles. The zero-order chi connectivity index (χ0) is 19.6. The van der Waals surface area contributed by atoms with Crippen LogP contribution >= 0.6 is 0 Å². The Labute approximate surface area is 156 Å². The van der Waals surface area contributed by atoms with Crippen LogP contribution in [0.15, 0.2) is 48.7 Å². The number of ether oxygens (including phenoxy) is 1. The first-order chi connectivity index (χ1) is 12.9. The van der Waals surface area contributed by atoms with Crippen LogP contribution in [0.4, 0.5) is 11.5 Å². The molecule has 0 spiro atoms. The van der Waals surface area contributed by atoms with Gasteiger partial charge >= 0.3 is 5.97 Å². The van der Waals surface area contributed by atoms with Gasteiger partial charge in [-0.3, -0.25) is 4.79 Å². The van der Waals surface area contributed by atoms with E-state index >= 15 is 0 Å². The van der Waals surface area contributed by atoms with Crippen LogP contribution in [0.2, 0.25) is 0 Å². The maximum atomic E-state index is 12.5. The Bertz CT molecular complexity index is 1010. The molecule has 0 aliphatic carbocycles. The van der Waals surface area contributed by atoms with E-state index in [0.717, 1.165) is 16.8 Å². The van der Waals surface area contributed by atoms with E-state index in [-0.39, 0.29) is 17.3 Å². The largest absolute Gasteiger partial charge is 0.465 e. The molecule has 1 heterocycles. The van der Waals surface area contributed by atoms with Crippen molar-refractivity contribution in [1.82, 2.24) is 9.78 Å². The summed E-state index contributed by atoms with van der Waals surface area (Å²) in [5, 5.41) is 7.01. The van der Waals surface area contributed by atoms with Gasteiger partial charge in [0, 0.05) is 11.3 Å². The number of carbonyl (C=O) groups is 2. The van der Waals surface area contributed by atoms with Gasteiger partial charge in [-0.15, -0.1) is 0 Å². The normalized spacial score (nSPS) is 10.5. The second-order valence-electron chi connectivity index (χ2n) is 6.17. The smallest absolute Gasteiger partial charge is 0.343 e. The van der Waals surface area contributed by atoms with Gasteiger partial charge in [0.25, 0.3) is 5.91 Å². The lowest BCUT2D eigenvalue weighted by atomic mass is 10.1. The molecular formula is C20H20N4O3. The van der Waals surface area contributed by atoms with E-state index in [0.29, 0.717) is 11.3 Å². The molecule has 27 heavy (non-hydrogen) atoms. The Balaban J connectivity index is 1.80. The predicted molar refractivity (Wildman–Crippen MR) is 103 cm³/mol. The molecule has 3 rings (SSSR count). The van der Waals surface area contributed by atoms with Gasteiger partial charge in [-0.1, -0.05) is 17.7 Å². The van der Waals surface area contributed by atoms with E-state index in [2.05, 4.69) is 15.2 Å². The lowest BCUT2D eigenvalue weighted by molar-refractivity contribution is 0.0602. The van der Waals surface area contributed by atoms with E-state index in [1.54, 1.807) is 24.3 Å². The van der Waals surface area contributed by atoms with Crippen LogP contribution in [0.1, 0.15) is 31.8 Å². The van der Waals surface area contributed by atoms with Gasteiger partial charge in [0.1, 0.15) is 11.4 Å². The van der Waals surface area contributed by atoms with E-state index in [4.69, 9.17) is 5.73 Å². The molecular weight excluding hydrogens is 344 g/mol. The van der Waals surface area contributed by atoms with Crippen LogP contribution < -0.4 is 11.1 Å². The SMILES string of the molecule is COC(=O)c1cnn(-c2ccc(C(=O)Nc3ccc(C)cc3C)cc2)c1N. The van der Waals surface area contributed by atoms with E-state index in [1.165, 1.54) is 18.0 Å². The van der Waals surface area contributed by atoms with Crippen LogP contribution in [0.3, 0.4) is 0 Å². The number of aromatic nitrogens is 2. The van der Waals surface area contributed by atoms with Gasteiger partial charge in [0.05, 0.1) is 19.0 Å². The number of carbonyl (C=O) groups excluding carboxylic acids is 2. The molecule has 1 amide bonds. The fraction of sp³-hybridized carbons (Fsp3) is 0.150. The summed E-state index contributed by atoms with van der Waals surface area (Å²) in [6.45, 7) is 3.95. The third-order valence-corrected chi connectivity index (χ3v) is 4.22. The molecule has 0 aliphatic heterocycles. The van der Waals surface area contributed by atoms with Crippen molar-refractivity contribution in [3.8, 4) is 5.69 Å². The minimum atomic E-state index is -0.553. The third kappa shape index (κ3) is 3.67. The van der Waals surface area contributed by atoms with E-state index in [1.807, 2.05) is 32.0 Å². The Hall–Kier alpha value is -3.61. The van der Waals surface area contributed by atoms with Crippen LogP contribution in [0.5, 0.6) is 0 Å². The predicted octanol–water partition coefficient (Wildman–Crippen LogP) is 3.11. The minimum absolute atomic E-state index is 0.175. The van der Waals surface area contributed by atoms with Crippen molar-refractivity contribution in [2.45, 2.75) is 13.8 Å². The number of methoxy groups -OCH3 is 1. The highest BCUT2D eigenvalue weighted by atomic mass is 16.5. The van der Waals surface area contributed by atoms with E-state index in [9.17, 15) is 9.59 Å². The summed E-state index contributed by atoms with van der Waals surface area (Å²) in [5.41, 5.74) is 10.2. The maximum Gasteiger partial charge on any atom is 0.343 e. The number of amides is 1. The average molecular weight is 364 g/mol. The Morgan fingerprint density at radius 3 is 2.44 bits per heavy atom. The quantitative estimate of drug-likeness (QED) is 0.693. The van der Waals surface area contributed by atoms with Crippen molar-refractivity contribution in [3.63, 3.8) is 0 Å². The molecule has 0 unspecified atom stereocenters. The van der Waals surface area contributed by atoms with Crippen molar-refractivity contribution in [3.05, 3.63) is 70.9 Å². The molecule has 0 atom stereocenters. The molecule has 7 nitrogen and oxygen atoms in total. The monoisotopic (exact) mass is 364 g/mol. The minimum Gasteiger partial charge on any atom is -0.465 e. The van der Waals surface area contributed by atoms with Crippen LogP contribution in [0.25, 0.3) is 5.69 Å². The number of anilines is 2. The fourth-order valence-electron chi connectivity index (χ4n) is 2.73. The van der Waals surface area contributed by atoms with Crippen LogP contribution in [-0.4, -0.2) is 28.8 Å². The van der Waals surface area contributed by atoms with Crippen LogP contribution in [0, 0.1) is 13.8 Å². The molecule has 0 radical (unpaired) electrons.